The van der Waals surface area contributed by atoms with Gasteiger partial charge in [0.05, 0.1) is 37.1 Å². The summed E-state index contributed by atoms with van der Waals surface area (Å²) in [5, 5.41) is 22.5. The first-order chi connectivity index (χ1) is 14.6. The number of hydrogen-bond acceptors (Lipinski definition) is 5. The highest BCUT2D eigenvalue weighted by molar-refractivity contribution is 9.10. The van der Waals surface area contributed by atoms with Gasteiger partial charge in [-0.1, -0.05) is 58.4 Å². The number of pyridine rings is 1. The fraction of sp³-hybridized carbons (Fsp3) is 0.250. The summed E-state index contributed by atoms with van der Waals surface area (Å²) in [7, 11) is 1.53. The zero-order valence-corrected chi connectivity index (χ0v) is 17.8. The molecule has 5 rings (SSSR count). The third-order valence-electron chi connectivity index (χ3n) is 6.41. The highest BCUT2D eigenvalue weighted by Crippen LogP contribution is 2.69. The van der Waals surface area contributed by atoms with Gasteiger partial charge in [0.25, 0.3) is 0 Å². The number of aromatic nitrogens is 1. The molecular formula is C24H19BrN2O3. The lowest BCUT2D eigenvalue weighted by molar-refractivity contribution is -0.119. The van der Waals surface area contributed by atoms with Crippen LogP contribution in [0.3, 0.4) is 0 Å². The minimum absolute atomic E-state index is 0.244. The fourth-order valence-corrected chi connectivity index (χ4v) is 5.45. The predicted molar refractivity (Wildman–Crippen MR) is 114 cm³/mol. The summed E-state index contributed by atoms with van der Waals surface area (Å²) in [4.78, 5) is 4.22. The van der Waals surface area contributed by atoms with Crippen molar-refractivity contribution in [1.29, 1.82) is 5.26 Å². The van der Waals surface area contributed by atoms with Crippen molar-refractivity contribution < 1.29 is 14.6 Å². The van der Waals surface area contributed by atoms with Gasteiger partial charge < -0.3 is 14.6 Å². The maximum atomic E-state index is 12.4. The van der Waals surface area contributed by atoms with Gasteiger partial charge in [0.15, 0.2) is 11.2 Å². The minimum atomic E-state index is -1.60. The molecule has 1 aliphatic carbocycles. The molecule has 0 amide bonds. The monoisotopic (exact) mass is 462 g/mol. The van der Waals surface area contributed by atoms with Crippen molar-refractivity contribution in [2.24, 2.45) is 5.92 Å². The van der Waals surface area contributed by atoms with Crippen LogP contribution < -0.4 is 9.47 Å². The summed E-state index contributed by atoms with van der Waals surface area (Å²) >= 11 is 3.49. The molecule has 6 heteroatoms. The molecule has 0 unspecified atom stereocenters. The lowest BCUT2D eigenvalue weighted by Crippen LogP contribution is -2.50. The number of hydrogen-bond donors (Lipinski definition) is 1. The van der Waals surface area contributed by atoms with Crippen molar-refractivity contribution in [3.8, 4) is 17.6 Å². The average Bonchev–Trinajstić information content (AvgIpc) is 3.19. The summed E-state index contributed by atoms with van der Waals surface area (Å²) in [6.07, 6.45) is 3.60. The Morgan fingerprint density at radius 3 is 2.57 bits per heavy atom. The van der Waals surface area contributed by atoms with Gasteiger partial charge in [-0.2, -0.15) is 5.26 Å². The summed E-state index contributed by atoms with van der Waals surface area (Å²) in [6.45, 7) is 0. The molecule has 5 nitrogen and oxygen atoms in total. The number of ether oxygens (including phenoxy) is 2. The largest absolute Gasteiger partial charge is 0.495 e. The third-order valence-corrected chi connectivity index (χ3v) is 6.94. The number of nitrogens with zero attached hydrogens (tertiary/aromatic N) is 2. The van der Waals surface area contributed by atoms with Crippen LogP contribution in [-0.4, -0.2) is 17.2 Å². The number of halogens is 1. The molecule has 1 saturated carbocycles. The van der Waals surface area contributed by atoms with Crippen molar-refractivity contribution in [3.05, 3.63) is 88.2 Å². The van der Waals surface area contributed by atoms with Crippen LogP contribution in [0.25, 0.3) is 0 Å². The fourth-order valence-electron chi connectivity index (χ4n) is 5.19. The third kappa shape index (κ3) is 2.33. The minimum Gasteiger partial charge on any atom is -0.495 e. The molecule has 2 aliphatic rings. The highest BCUT2D eigenvalue weighted by atomic mass is 79.9. The van der Waals surface area contributed by atoms with E-state index < -0.39 is 17.1 Å². The van der Waals surface area contributed by atoms with Gasteiger partial charge in [-0.25, -0.2) is 0 Å². The Hall–Kier alpha value is -2.88. The Kier molecular flexibility index (Phi) is 4.35. The Morgan fingerprint density at radius 1 is 1.17 bits per heavy atom. The van der Waals surface area contributed by atoms with Crippen LogP contribution in [0.2, 0.25) is 0 Å². The van der Waals surface area contributed by atoms with Gasteiger partial charge >= 0.3 is 0 Å². The molecule has 30 heavy (non-hydrogen) atoms. The van der Waals surface area contributed by atoms with E-state index in [9.17, 15) is 10.4 Å². The van der Waals surface area contributed by atoms with E-state index in [0.29, 0.717) is 23.5 Å². The van der Waals surface area contributed by atoms with E-state index >= 15 is 0 Å². The van der Waals surface area contributed by atoms with Crippen LogP contribution in [0.1, 0.15) is 29.0 Å². The van der Waals surface area contributed by atoms with Crippen LogP contribution in [-0.2, 0) is 11.2 Å². The Morgan fingerprint density at radius 2 is 1.90 bits per heavy atom. The van der Waals surface area contributed by atoms with E-state index in [2.05, 4.69) is 27.0 Å². The van der Waals surface area contributed by atoms with Gasteiger partial charge in [-0.05, 0) is 29.7 Å². The second-order valence-corrected chi connectivity index (χ2v) is 8.62. The zero-order valence-electron chi connectivity index (χ0n) is 16.2. The summed E-state index contributed by atoms with van der Waals surface area (Å²) in [6, 6.07) is 20.0. The first-order valence-corrected chi connectivity index (χ1v) is 10.5. The Balaban J connectivity index is 1.85. The van der Waals surface area contributed by atoms with Crippen molar-refractivity contribution >= 4 is 15.9 Å². The van der Waals surface area contributed by atoms with E-state index in [1.807, 2.05) is 54.6 Å². The topological polar surface area (TPSA) is 75.4 Å². The maximum absolute atomic E-state index is 12.4. The van der Waals surface area contributed by atoms with Gasteiger partial charge in [0.1, 0.15) is 11.5 Å². The first kappa shape index (κ1) is 19.1. The maximum Gasteiger partial charge on any atom is 0.175 e. The number of methoxy groups -OCH3 is 1. The van der Waals surface area contributed by atoms with E-state index in [1.165, 1.54) is 7.11 Å². The average molecular weight is 463 g/mol. The van der Waals surface area contributed by atoms with Gasteiger partial charge in [-0.15, -0.1) is 0 Å². The number of rotatable bonds is 3. The second kappa shape index (κ2) is 6.83. The van der Waals surface area contributed by atoms with Gasteiger partial charge in [0.2, 0.25) is 0 Å². The molecule has 1 aromatic heterocycles. The predicted octanol–water partition coefficient (Wildman–Crippen LogP) is 4.66. The molecule has 0 bridgehead atoms. The van der Waals surface area contributed by atoms with Crippen molar-refractivity contribution in [2.45, 2.75) is 23.5 Å². The van der Waals surface area contributed by atoms with Gasteiger partial charge in [-0.3, -0.25) is 4.98 Å². The normalized spacial score (nSPS) is 28.9. The van der Waals surface area contributed by atoms with Crippen molar-refractivity contribution in [3.63, 3.8) is 0 Å². The quantitative estimate of drug-likeness (QED) is 0.612. The molecule has 2 aromatic carbocycles. The number of benzene rings is 2. The Labute approximate surface area is 183 Å². The molecule has 0 saturated heterocycles. The van der Waals surface area contributed by atoms with Crippen molar-refractivity contribution in [2.75, 3.05) is 7.11 Å². The van der Waals surface area contributed by atoms with Crippen LogP contribution in [0, 0.1) is 17.2 Å². The molecule has 1 N–H and O–H groups in total. The van der Waals surface area contributed by atoms with Crippen LogP contribution in [0.15, 0.2) is 71.5 Å². The van der Waals surface area contributed by atoms with Crippen LogP contribution in [0.4, 0.5) is 0 Å². The van der Waals surface area contributed by atoms with Crippen LogP contribution in [0.5, 0.6) is 11.5 Å². The van der Waals surface area contributed by atoms with Crippen LogP contribution >= 0.6 is 15.9 Å². The van der Waals surface area contributed by atoms with E-state index in [0.717, 1.165) is 15.6 Å². The summed E-state index contributed by atoms with van der Waals surface area (Å²) in [5.41, 5.74) is -0.476. The lowest BCUT2D eigenvalue weighted by Gasteiger charge is -2.40. The van der Waals surface area contributed by atoms with E-state index in [1.54, 1.807) is 12.4 Å². The Bertz CT molecular complexity index is 1150. The first-order valence-electron chi connectivity index (χ1n) is 9.70. The number of fused-ring (bicyclic) bond motifs is 3. The lowest BCUT2D eigenvalue weighted by atomic mass is 9.70. The molecule has 3 aromatic rings. The molecule has 0 spiro atoms. The SMILES string of the molecule is COc1cncc2c1[C@]1(O)[C@@H](C#N)C[C@@H](c3ccccc3)[C@]1(c1ccc(Br)cc1)O2. The molecule has 150 valence electrons. The molecule has 0 radical (unpaired) electrons. The zero-order chi connectivity index (χ0) is 20.9. The van der Waals surface area contributed by atoms with Gasteiger partial charge in [0, 0.05) is 10.4 Å². The molecule has 2 heterocycles. The highest BCUT2D eigenvalue weighted by Gasteiger charge is 2.73. The van der Waals surface area contributed by atoms with E-state index in [-0.39, 0.29) is 5.92 Å². The molecule has 4 atom stereocenters. The number of nitriles is 1. The molecular weight excluding hydrogens is 444 g/mol. The smallest absolute Gasteiger partial charge is 0.175 e. The summed E-state index contributed by atoms with van der Waals surface area (Å²) in [5.74, 6) is -0.0702. The molecule has 1 fully saturated rings. The van der Waals surface area contributed by atoms with E-state index in [4.69, 9.17) is 9.47 Å². The standard InChI is InChI=1S/C24H19BrN2O3/c1-29-20-13-27-14-21-22(20)23(28)17(12-26)11-19(15-5-3-2-4-6-15)24(23,30-21)16-7-9-18(25)10-8-16/h2-10,13-14,17,19,28H,11H2,1H3/t17-,19+,23-,24+/m1/s1. The molecule has 1 aliphatic heterocycles. The van der Waals surface area contributed by atoms with Crippen molar-refractivity contribution in [1.82, 2.24) is 4.98 Å². The summed E-state index contributed by atoms with van der Waals surface area (Å²) < 4.78 is 13.1. The number of aliphatic hydroxyl groups is 1. The second-order valence-electron chi connectivity index (χ2n) is 7.71.